The highest BCUT2D eigenvalue weighted by Crippen LogP contribution is 2.08. The zero-order valence-corrected chi connectivity index (χ0v) is 11.0. The van der Waals surface area contributed by atoms with Crippen LogP contribution >= 0.6 is 11.8 Å². The zero-order valence-electron chi connectivity index (χ0n) is 10.2. The number of nitrogens with one attached hydrogen (secondary N) is 1. The van der Waals surface area contributed by atoms with E-state index < -0.39 is 0 Å². The lowest BCUT2D eigenvalue weighted by atomic mass is 10.2. The van der Waals surface area contributed by atoms with E-state index in [2.05, 4.69) is 15.4 Å². The number of amides is 1. The van der Waals surface area contributed by atoms with Crippen molar-refractivity contribution >= 4 is 23.9 Å². The van der Waals surface area contributed by atoms with Crippen molar-refractivity contribution in [1.82, 2.24) is 10.3 Å². The van der Waals surface area contributed by atoms with Crippen molar-refractivity contribution in [2.75, 3.05) is 31.1 Å². The molecule has 1 saturated heterocycles. The van der Waals surface area contributed by atoms with E-state index in [1.54, 1.807) is 6.21 Å². The van der Waals surface area contributed by atoms with Gasteiger partial charge in [-0.1, -0.05) is 30.3 Å². The van der Waals surface area contributed by atoms with E-state index in [0.29, 0.717) is 6.54 Å². The lowest BCUT2D eigenvalue weighted by Gasteiger charge is -2.24. The van der Waals surface area contributed by atoms with Crippen LogP contribution in [0, 0.1) is 0 Å². The molecule has 1 aliphatic rings. The largest absolute Gasteiger partial charge is 0.293 e. The van der Waals surface area contributed by atoms with Crippen molar-refractivity contribution in [3.05, 3.63) is 35.9 Å². The first-order chi connectivity index (χ1) is 8.84. The fourth-order valence-corrected chi connectivity index (χ4v) is 2.69. The molecule has 1 fully saturated rings. The number of rotatable bonds is 4. The van der Waals surface area contributed by atoms with Crippen molar-refractivity contribution in [3.8, 4) is 0 Å². The quantitative estimate of drug-likeness (QED) is 0.655. The van der Waals surface area contributed by atoms with E-state index in [-0.39, 0.29) is 5.91 Å². The lowest BCUT2D eigenvalue weighted by molar-refractivity contribution is -0.122. The van der Waals surface area contributed by atoms with Crippen LogP contribution < -0.4 is 5.43 Å². The fraction of sp³-hybridized carbons (Fsp3) is 0.385. The molecule has 18 heavy (non-hydrogen) atoms. The van der Waals surface area contributed by atoms with Gasteiger partial charge in [-0.05, 0) is 5.56 Å². The Morgan fingerprint density at radius 1 is 1.33 bits per heavy atom. The molecule has 2 rings (SSSR count). The number of hydrogen-bond acceptors (Lipinski definition) is 4. The molecule has 0 saturated carbocycles. The number of nitrogens with zero attached hydrogens (tertiary/aromatic N) is 2. The Hall–Kier alpha value is -1.33. The number of carbonyl (C=O) groups excluding carboxylic acids is 1. The Kier molecular flexibility index (Phi) is 5.23. The van der Waals surface area contributed by atoms with E-state index >= 15 is 0 Å². The lowest BCUT2D eigenvalue weighted by Crippen LogP contribution is -2.40. The number of hydrogen-bond donors (Lipinski definition) is 1. The maximum Gasteiger partial charge on any atom is 0.254 e. The molecular formula is C13H17N3OS. The van der Waals surface area contributed by atoms with Crippen LogP contribution in [0.15, 0.2) is 35.4 Å². The minimum atomic E-state index is -0.0471. The summed E-state index contributed by atoms with van der Waals surface area (Å²) in [6.45, 7) is 2.41. The van der Waals surface area contributed by atoms with Crippen LogP contribution in [-0.4, -0.2) is 48.2 Å². The van der Waals surface area contributed by atoms with E-state index in [4.69, 9.17) is 0 Å². The summed E-state index contributed by atoms with van der Waals surface area (Å²) in [5.41, 5.74) is 3.54. The van der Waals surface area contributed by atoms with E-state index in [0.717, 1.165) is 30.2 Å². The summed E-state index contributed by atoms with van der Waals surface area (Å²) in [7, 11) is 0. The van der Waals surface area contributed by atoms with Gasteiger partial charge in [0.25, 0.3) is 5.91 Å². The van der Waals surface area contributed by atoms with E-state index in [9.17, 15) is 4.79 Å². The maximum absolute atomic E-state index is 11.6. The Balaban J connectivity index is 1.72. The average molecular weight is 263 g/mol. The van der Waals surface area contributed by atoms with Crippen LogP contribution in [0.3, 0.4) is 0 Å². The van der Waals surface area contributed by atoms with Crippen LogP contribution in [0.2, 0.25) is 0 Å². The van der Waals surface area contributed by atoms with Gasteiger partial charge in [-0.3, -0.25) is 9.69 Å². The first kappa shape index (κ1) is 13.1. The van der Waals surface area contributed by atoms with Gasteiger partial charge in [-0.15, -0.1) is 0 Å². The predicted octanol–water partition coefficient (Wildman–Crippen LogP) is 1.19. The third-order valence-electron chi connectivity index (χ3n) is 2.67. The van der Waals surface area contributed by atoms with Gasteiger partial charge in [0.1, 0.15) is 0 Å². The molecule has 1 amide bonds. The van der Waals surface area contributed by atoms with Gasteiger partial charge in [-0.25, -0.2) is 5.43 Å². The molecule has 1 aromatic carbocycles. The molecule has 1 aromatic rings. The van der Waals surface area contributed by atoms with Crippen LogP contribution in [0.25, 0.3) is 0 Å². The predicted molar refractivity (Wildman–Crippen MR) is 75.9 cm³/mol. The Morgan fingerprint density at radius 2 is 2.06 bits per heavy atom. The van der Waals surface area contributed by atoms with E-state index in [1.165, 1.54) is 0 Å². The molecule has 0 radical (unpaired) electrons. The second-order valence-corrected chi connectivity index (χ2v) is 5.32. The second-order valence-electron chi connectivity index (χ2n) is 4.09. The number of hydrazone groups is 1. The highest BCUT2D eigenvalue weighted by molar-refractivity contribution is 7.99. The van der Waals surface area contributed by atoms with Crippen molar-refractivity contribution < 1.29 is 4.79 Å². The summed E-state index contributed by atoms with van der Waals surface area (Å²) >= 11 is 1.94. The average Bonchev–Trinajstić information content (AvgIpc) is 2.41. The minimum Gasteiger partial charge on any atom is -0.293 e. The number of carbonyl (C=O) groups is 1. The standard InChI is InChI=1S/C13H17N3OS/c17-13(11-16-6-8-18-9-7-16)15-14-10-12-4-2-1-3-5-12/h1-5,10H,6-9,11H2,(H,15,17). The molecule has 1 heterocycles. The molecule has 0 unspecified atom stereocenters. The molecule has 96 valence electrons. The first-order valence-electron chi connectivity index (χ1n) is 6.01. The highest BCUT2D eigenvalue weighted by Gasteiger charge is 2.13. The summed E-state index contributed by atoms with van der Waals surface area (Å²) in [4.78, 5) is 13.8. The third-order valence-corrected chi connectivity index (χ3v) is 3.62. The Morgan fingerprint density at radius 3 is 2.78 bits per heavy atom. The molecule has 1 aliphatic heterocycles. The van der Waals surface area contributed by atoms with Gasteiger partial charge >= 0.3 is 0 Å². The van der Waals surface area contributed by atoms with Crippen molar-refractivity contribution in [3.63, 3.8) is 0 Å². The molecule has 0 aliphatic carbocycles. The molecule has 4 nitrogen and oxygen atoms in total. The summed E-state index contributed by atoms with van der Waals surface area (Å²) in [6, 6.07) is 9.71. The van der Waals surface area contributed by atoms with Crippen molar-refractivity contribution in [1.29, 1.82) is 0 Å². The number of thioether (sulfide) groups is 1. The van der Waals surface area contributed by atoms with Gasteiger partial charge in [0.05, 0.1) is 12.8 Å². The summed E-state index contributed by atoms with van der Waals surface area (Å²) in [5, 5.41) is 3.95. The maximum atomic E-state index is 11.6. The van der Waals surface area contributed by atoms with Crippen LogP contribution in [-0.2, 0) is 4.79 Å². The Bertz CT molecular complexity index is 402. The topological polar surface area (TPSA) is 44.7 Å². The monoisotopic (exact) mass is 263 g/mol. The fourth-order valence-electron chi connectivity index (χ4n) is 1.72. The molecular weight excluding hydrogens is 246 g/mol. The first-order valence-corrected chi connectivity index (χ1v) is 7.17. The molecule has 1 N–H and O–H groups in total. The van der Waals surface area contributed by atoms with Gasteiger partial charge in [-0.2, -0.15) is 16.9 Å². The van der Waals surface area contributed by atoms with Gasteiger partial charge in [0, 0.05) is 24.6 Å². The minimum absolute atomic E-state index is 0.0471. The van der Waals surface area contributed by atoms with Crippen LogP contribution in [0.4, 0.5) is 0 Å². The highest BCUT2D eigenvalue weighted by atomic mass is 32.2. The van der Waals surface area contributed by atoms with Crippen molar-refractivity contribution in [2.24, 2.45) is 5.10 Å². The SMILES string of the molecule is O=C(CN1CCSCC1)NN=Cc1ccccc1. The summed E-state index contributed by atoms with van der Waals surface area (Å²) in [6.07, 6.45) is 1.66. The second kappa shape index (κ2) is 7.18. The number of benzene rings is 1. The smallest absolute Gasteiger partial charge is 0.254 e. The molecule has 0 bridgehead atoms. The summed E-state index contributed by atoms with van der Waals surface area (Å²) in [5.74, 6) is 2.18. The van der Waals surface area contributed by atoms with Crippen LogP contribution in [0.1, 0.15) is 5.56 Å². The Labute approximate surface area is 111 Å². The van der Waals surface area contributed by atoms with Crippen molar-refractivity contribution in [2.45, 2.75) is 0 Å². The summed E-state index contributed by atoms with van der Waals surface area (Å²) < 4.78 is 0. The molecule has 0 aromatic heterocycles. The van der Waals surface area contributed by atoms with Crippen LogP contribution in [0.5, 0.6) is 0 Å². The zero-order chi connectivity index (χ0) is 12.6. The normalized spacial score (nSPS) is 16.9. The molecule has 0 atom stereocenters. The van der Waals surface area contributed by atoms with Gasteiger partial charge in [0.2, 0.25) is 0 Å². The molecule has 5 heteroatoms. The van der Waals surface area contributed by atoms with E-state index in [1.807, 2.05) is 42.1 Å². The third kappa shape index (κ3) is 4.50. The van der Waals surface area contributed by atoms with Gasteiger partial charge < -0.3 is 0 Å². The molecule has 0 spiro atoms. The van der Waals surface area contributed by atoms with Gasteiger partial charge in [0.15, 0.2) is 0 Å².